The summed E-state index contributed by atoms with van der Waals surface area (Å²) in [6, 6.07) is 6.67. The van der Waals surface area contributed by atoms with Gasteiger partial charge in [-0.15, -0.1) is 0 Å². The van der Waals surface area contributed by atoms with Crippen molar-refractivity contribution >= 4 is 11.6 Å². The van der Waals surface area contributed by atoms with E-state index in [1.165, 1.54) is 0 Å². The summed E-state index contributed by atoms with van der Waals surface area (Å²) in [6.45, 7) is 4.82. The van der Waals surface area contributed by atoms with E-state index < -0.39 is 0 Å². The highest BCUT2D eigenvalue weighted by Crippen LogP contribution is 2.11. The molecule has 1 aromatic carbocycles. The molecule has 0 spiro atoms. The van der Waals surface area contributed by atoms with E-state index >= 15 is 0 Å². The van der Waals surface area contributed by atoms with Crippen molar-refractivity contribution < 1.29 is 9.53 Å². The molecule has 1 amide bonds. The van der Waals surface area contributed by atoms with Gasteiger partial charge < -0.3 is 10.1 Å². The fourth-order valence-electron chi connectivity index (χ4n) is 1.99. The summed E-state index contributed by atoms with van der Waals surface area (Å²) in [4.78, 5) is 17.1. The molecule has 0 saturated carbocycles. The molecule has 0 aromatic heterocycles. The number of amides is 1. The molecule has 7 heteroatoms. The van der Waals surface area contributed by atoms with E-state index in [1.54, 1.807) is 24.3 Å². The number of hydrogen-bond donors (Lipinski definition) is 2. The summed E-state index contributed by atoms with van der Waals surface area (Å²) >= 11 is 0. The van der Waals surface area contributed by atoms with E-state index in [1.807, 2.05) is 0 Å². The molecule has 2 rings (SSSR count). The predicted octanol–water partition coefficient (Wildman–Crippen LogP) is 0.930. The molecule has 1 aromatic rings. The number of carbonyl (C=O) groups excluding carboxylic acids is 1. The van der Waals surface area contributed by atoms with Crippen LogP contribution in [0.5, 0.6) is 0 Å². The Morgan fingerprint density at radius 1 is 1.35 bits per heavy atom. The largest absolute Gasteiger partial charge is 0.379 e. The first-order valence-electron chi connectivity index (χ1n) is 6.55. The van der Waals surface area contributed by atoms with E-state index in [0.717, 1.165) is 32.8 Å². The maximum absolute atomic E-state index is 11.9. The van der Waals surface area contributed by atoms with Gasteiger partial charge >= 0.3 is 0 Å². The molecular formula is C13H18N5O2+. The van der Waals surface area contributed by atoms with Gasteiger partial charge in [0, 0.05) is 31.7 Å². The fourth-order valence-corrected chi connectivity index (χ4v) is 1.99. The van der Waals surface area contributed by atoms with Gasteiger partial charge in [0.25, 0.3) is 5.91 Å². The summed E-state index contributed by atoms with van der Waals surface area (Å²) in [7, 11) is 0. The van der Waals surface area contributed by atoms with Crippen LogP contribution in [0.4, 0.5) is 5.69 Å². The molecule has 106 valence electrons. The third kappa shape index (κ3) is 4.24. The van der Waals surface area contributed by atoms with Crippen LogP contribution in [0.1, 0.15) is 10.4 Å². The minimum atomic E-state index is -0.104. The zero-order valence-electron chi connectivity index (χ0n) is 11.2. The molecule has 1 aliphatic rings. The lowest BCUT2D eigenvalue weighted by Crippen LogP contribution is -2.41. The third-order valence-corrected chi connectivity index (χ3v) is 3.11. The Morgan fingerprint density at radius 2 is 2.05 bits per heavy atom. The highest BCUT2D eigenvalue weighted by Gasteiger charge is 2.11. The van der Waals surface area contributed by atoms with E-state index in [4.69, 9.17) is 10.3 Å². The van der Waals surface area contributed by atoms with Gasteiger partial charge in [0.05, 0.1) is 13.2 Å². The number of hydrogen-bond acceptors (Lipinski definition) is 5. The van der Waals surface area contributed by atoms with Gasteiger partial charge in [-0.25, -0.2) is 0 Å². The van der Waals surface area contributed by atoms with Gasteiger partial charge in [-0.2, -0.15) is 0 Å². The monoisotopic (exact) mass is 276 g/mol. The number of rotatable bonds is 5. The summed E-state index contributed by atoms with van der Waals surface area (Å²) in [6.07, 6.45) is 0. The summed E-state index contributed by atoms with van der Waals surface area (Å²) in [5, 5.41) is 6.46. The molecule has 0 bridgehead atoms. The van der Waals surface area contributed by atoms with Crippen molar-refractivity contribution in [2.45, 2.75) is 0 Å². The number of nitrogens with one attached hydrogen (secondary N) is 2. The number of ether oxygens (including phenoxy) is 1. The molecular weight excluding hydrogens is 258 g/mol. The van der Waals surface area contributed by atoms with Crippen LogP contribution in [0.25, 0.3) is 0 Å². The van der Waals surface area contributed by atoms with Gasteiger partial charge in [0.1, 0.15) is 5.53 Å². The first kappa shape index (κ1) is 14.3. The smallest absolute Gasteiger partial charge is 0.251 e. The van der Waals surface area contributed by atoms with Crippen LogP contribution < -0.4 is 10.2 Å². The molecule has 7 nitrogen and oxygen atoms in total. The van der Waals surface area contributed by atoms with Crippen LogP contribution >= 0.6 is 0 Å². The Hall–Kier alpha value is -2.08. The van der Waals surface area contributed by atoms with E-state index in [9.17, 15) is 4.79 Å². The number of benzene rings is 1. The van der Waals surface area contributed by atoms with Crippen molar-refractivity contribution in [2.24, 2.45) is 5.11 Å². The Bertz CT molecular complexity index is 490. The SMILES string of the molecule is N=[N+]=Nc1ccc(C(=O)NCCN2CCOCC2)cc1. The second-order valence-corrected chi connectivity index (χ2v) is 4.46. The van der Waals surface area contributed by atoms with Crippen molar-refractivity contribution in [1.82, 2.24) is 15.1 Å². The van der Waals surface area contributed by atoms with Gasteiger partial charge in [0.15, 0.2) is 10.8 Å². The van der Waals surface area contributed by atoms with Crippen molar-refractivity contribution in [3.8, 4) is 0 Å². The number of morpholine rings is 1. The van der Waals surface area contributed by atoms with Crippen LogP contribution in [0.15, 0.2) is 29.4 Å². The molecule has 0 aliphatic carbocycles. The normalized spacial score (nSPS) is 15.4. The molecule has 2 N–H and O–H groups in total. The van der Waals surface area contributed by atoms with Gasteiger partial charge in [0.2, 0.25) is 4.91 Å². The van der Waals surface area contributed by atoms with Crippen LogP contribution in [0.3, 0.4) is 0 Å². The topological polar surface area (TPSA) is 91.9 Å². The average Bonchev–Trinajstić information content (AvgIpc) is 2.49. The lowest BCUT2D eigenvalue weighted by molar-refractivity contribution is 0.0383. The number of nitrogens with zero attached hydrogens (tertiary/aromatic N) is 3. The van der Waals surface area contributed by atoms with Crippen molar-refractivity contribution in [3.63, 3.8) is 0 Å². The van der Waals surface area contributed by atoms with Gasteiger partial charge in [-0.05, 0) is 24.3 Å². The highest BCUT2D eigenvalue weighted by molar-refractivity contribution is 5.94. The van der Waals surface area contributed by atoms with E-state index in [2.05, 4.69) is 20.2 Å². The second kappa shape index (κ2) is 7.49. The lowest BCUT2D eigenvalue weighted by Gasteiger charge is -2.26. The van der Waals surface area contributed by atoms with Crippen molar-refractivity contribution in [3.05, 3.63) is 29.8 Å². The quantitative estimate of drug-likeness (QED) is 0.619. The Labute approximate surface area is 117 Å². The average molecular weight is 276 g/mol. The molecule has 1 fully saturated rings. The molecule has 1 heterocycles. The summed E-state index contributed by atoms with van der Waals surface area (Å²) in [5.41, 5.74) is 7.77. The first-order chi connectivity index (χ1) is 9.79. The Morgan fingerprint density at radius 3 is 2.70 bits per heavy atom. The van der Waals surface area contributed by atoms with Crippen LogP contribution in [0, 0.1) is 5.53 Å². The Kier molecular flexibility index (Phi) is 5.37. The zero-order chi connectivity index (χ0) is 14.2. The summed E-state index contributed by atoms with van der Waals surface area (Å²) < 4.78 is 5.27. The minimum Gasteiger partial charge on any atom is -0.379 e. The molecule has 20 heavy (non-hydrogen) atoms. The molecule has 1 aliphatic heterocycles. The molecule has 0 atom stereocenters. The zero-order valence-corrected chi connectivity index (χ0v) is 11.2. The van der Waals surface area contributed by atoms with Crippen molar-refractivity contribution in [1.29, 1.82) is 5.53 Å². The third-order valence-electron chi connectivity index (χ3n) is 3.11. The maximum Gasteiger partial charge on any atom is 0.251 e. The van der Waals surface area contributed by atoms with Crippen LogP contribution in [-0.2, 0) is 4.74 Å². The standard InChI is InChI=1S/C13H17N5O2/c14-17-16-12-3-1-11(2-4-12)13(19)15-5-6-18-7-9-20-10-8-18/h1-4,14H,5-10H2/p+1. The second-order valence-electron chi connectivity index (χ2n) is 4.46. The molecule has 0 radical (unpaired) electrons. The summed E-state index contributed by atoms with van der Waals surface area (Å²) in [5.74, 6) is -0.104. The van der Waals surface area contributed by atoms with Crippen molar-refractivity contribution in [2.75, 3.05) is 39.4 Å². The minimum absolute atomic E-state index is 0.104. The fraction of sp³-hybridized carbons (Fsp3) is 0.462. The number of carbonyl (C=O) groups is 1. The van der Waals surface area contributed by atoms with E-state index in [0.29, 0.717) is 17.8 Å². The first-order valence-corrected chi connectivity index (χ1v) is 6.55. The van der Waals surface area contributed by atoms with Crippen LogP contribution in [0.2, 0.25) is 0 Å². The molecule has 1 saturated heterocycles. The Balaban J connectivity index is 1.77. The lowest BCUT2D eigenvalue weighted by atomic mass is 10.2. The molecule has 0 unspecified atom stereocenters. The van der Waals surface area contributed by atoms with Crippen LogP contribution in [-0.4, -0.2) is 50.2 Å². The van der Waals surface area contributed by atoms with E-state index in [-0.39, 0.29) is 5.91 Å². The predicted molar refractivity (Wildman–Crippen MR) is 73.0 cm³/mol. The van der Waals surface area contributed by atoms with Gasteiger partial charge in [-0.3, -0.25) is 9.69 Å². The maximum atomic E-state index is 11.9. The van der Waals surface area contributed by atoms with Gasteiger partial charge in [-0.1, -0.05) is 0 Å². The highest BCUT2D eigenvalue weighted by atomic mass is 16.5.